The Morgan fingerprint density at radius 1 is 0.862 bits per heavy atom. The molecule has 0 spiro atoms. The lowest BCUT2D eigenvalue weighted by Gasteiger charge is -2.05. The van der Waals surface area contributed by atoms with Crippen molar-refractivity contribution in [1.82, 2.24) is 15.0 Å². The number of benzene rings is 3. The van der Waals surface area contributed by atoms with E-state index < -0.39 is 0 Å². The van der Waals surface area contributed by atoms with Crippen LogP contribution in [-0.2, 0) is 0 Å². The summed E-state index contributed by atoms with van der Waals surface area (Å²) in [5.74, 6) is -0.294. The van der Waals surface area contributed by atoms with Crippen LogP contribution in [0.2, 0.25) is 0 Å². The molecule has 2 heterocycles. The van der Waals surface area contributed by atoms with Gasteiger partial charge in [0.1, 0.15) is 5.82 Å². The van der Waals surface area contributed by atoms with Gasteiger partial charge in [-0.05, 0) is 59.7 Å². The molecule has 0 amide bonds. The van der Waals surface area contributed by atoms with Crippen molar-refractivity contribution in [2.24, 2.45) is 0 Å². The average molecular weight is 380 g/mol. The lowest BCUT2D eigenvalue weighted by Crippen LogP contribution is -2.11. The number of hydrogen-bond acceptors (Lipinski definition) is 3. The van der Waals surface area contributed by atoms with Crippen LogP contribution in [0.15, 0.2) is 71.5 Å². The van der Waals surface area contributed by atoms with Gasteiger partial charge in [0.2, 0.25) is 0 Å². The molecule has 5 nitrogen and oxygen atoms in total. The molecule has 3 aromatic carbocycles. The summed E-state index contributed by atoms with van der Waals surface area (Å²) in [6.45, 7) is 0. The van der Waals surface area contributed by atoms with E-state index in [9.17, 15) is 9.18 Å². The summed E-state index contributed by atoms with van der Waals surface area (Å²) in [7, 11) is 0. The van der Waals surface area contributed by atoms with E-state index >= 15 is 0 Å². The third-order valence-corrected chi connectivity index (χ3v) is 4.88. The van der Waals surface area contributed by atoms with Crippen molar-refractivity contribution in [1.29, 1.82) is 5.26 Å². The molecule has 0 aliphatic heterocycles. The first-order valence-corrected chi connectivity index (χ1v) is 8.94. The molecular formula is C23H13FN4O. The van der Waals surface area contributed by atoms with E-state index in [1.54, 1.807) is 36.4 Å². The van der Waals surface area contributed by atoms with E-state index in [0.717, 1.165) is 22.0 Å². The van der Waals surface area contributed by atoms with Crippen molar-refractivity contribution in [3.8, 4) is 28.6 Å². The molecule has 0 atom stereocenters. The first-order valence-electron chi connectivity index (χ1n) is 8.94. The van der Waals surface area contributed by atoms with Crippen molar-refractivity contribution < 1.29 is 4.39 Å². The predicted molar refractivity (Wildman–Crippen MR) is 110 cm³/mol. The summed E-state index contributed by atoms with van der Waals surface area (Å²) in [6, 6.07) is 20.9. The highest BCUT2D eigenvalue weighted by Gasteiger charge is 2.12. The minimum Gasteiger partial charge on any atom is -0.353 e. The molecule has 2 N–H and O–H groups in total. The highest BCUT2D eigenvalue weighted by molar-refractivity contribution is 5.88. The Morgan fingerprint density at radius 3 is 2.41 bits per heavy atom. The molecule has 0 aliphatic rings. The van der Waals surface area contributed by atoms with E-state index in [1.165, 1.54) is 12.1 Å². The number of aromatic amines is 2. The van der Waals surface area contributed by atoms with Crippen molar-refractivity contribution in [3.05, 3.63) is 88.5 Å². The highest BCUT2D eigenvalue weighted by atomic mass is 19.1. The fourth-order valence-corrected chi connectivity index (χ4v) is 3.42. The quantitative estimate of drug-likeness (QED) is 0.463. The van der Waals surface area contributed by atoms with Crippen LogP contribution in [0.3, 0.4) is 0 Å². The molecular weight excluding hydrogens is 367 g/mol. The first-order chi connectivity index (χ1) is 14.1. The van der Waals surface area contributed by atoms with Crippen LogP contribution in [-0.4, -0.2) is 15.0 Å². The fourth-order valence-electron chi connectivity index (χ4n) is 3.42. The van der Waals surface area contributed by atoms with Gasteiger partial charge >= 0.3 is 0 Å². The Bertz CT molecular complexity index is 1490. The second kappa shape index (κ2) is 6.43. The maximum atomic E-state index is 13.2. The van der Waals surface area contributed by atoms with Gasteiger partial charge < -0.3 is 9.97 Å². The zero-order valence-electron chi connectivity index (χ0n) is 15.0. The molecule has 6 heteroatoms. The third kappa shape index (κ3) is 2.95. The van der Waals surface area contributed by atoms with Crippen molar-refractivity contribution in [3.63, 3.8) is 0 Å². The summed E-state index contributed by atoms with van der Waals surface area (Å²) < 4.78 is 13.2. The van der Waals surface area contributed by atoms with E-state index in [4.69, 9.17) is 5.26 Å². The van der Waals surface area contributed by atoms with Gasteiger partial charge in [-0.25, -0.2) is 9.37 Å². The maximum absolute atomic E-state index is 13.2. The largest absolute Gasteiger partial charge is 0.353 e. The summed E-state index contributed by atoms with van der Waals surface area (Å²) >= 11 is 0. The Morgan fingerprint density at radius 2 is 1.62 bits per heavy atom. The number of nitrogens with one attached hydrogen (secondary N) is 2. The summed E-state index contributed by atoms with van der Waals surface area (Å²) in [5.41, 5.74) is 4.88. The molecule has 0 saturated carbocycles. The topological polar surface area (TPSA) is 85.3 Å². The second-order valence-corrected chi connectivity index (χ2v) is 6.75. The SMILES string of the molecule is N#Cc1ccc2[nH]c(-c3nc4cc(-c5ccc(F)cc5)ccc4[nH]c3=O)cc2c1. The Hall–Kier alpha value is -4.24. The van der Waals surface area contributed by atoms with Crippen LogP contribution in [0.5, 0.6) is 0 Å². The average Bonchev–Trinajstić information content (AvgIpc) is 3.16. The van der Waals surface area contributed by atoms with Crippen LogP contribution >= 0.6 is 0 Å². The number of nitriles is 1. The van der Waals surface area contributed by atoms with Crippen LogP contribution in [0, 0.1) is 17.1 Å². The Kier molecular flexibility index (Phi) is 3.75. The second-order valence-electron chi connectivity index (χ2n) is 6.75. The van der Waals surface area contributed by atoms with E-state index in [2.05, 4.69) is 21.0 Å². The van der Waals surface area contributed by atoms with Gasteiger partial charge in [-0.2, -0.15) is 5.26 Å². The minimum absolute atomic E-state index is 0.267. The van der Waals surface area contributed by atoms with Crippen molar-refractivity contribution in [2.45, 2.75) is 0 Å². The third-order valence-electron chi connectivity index (χ3n) is 4.88. The number of aromatic nitrogens is 3. The molecule has 138 valence electrons. The van der Waals surface area contributed by atoms with Gasteiger partial charge in [-0.1, -0.05) is 18.2 Å². The summed E-state index contributed by atoms with van der Waals surface area (Å²) in [6.07, 6.45) is 0. The van der Waals surface area contributed by atoms with Gasteiger partial charge in [0.15, 0.2) is 5.69 Å². The number of fused-ring (bicyclic) bond motifs is 2. The van der Waals surface area contributed by atoms with Gasteiger partial charge in [0.05, 0.1) is 28.4 Å². The zero-order valence-corrected chi connectivity index (χ0v) is 15.0. The lowest BCUT2D eigenvalue weighted by atomic mass is 10.0. The van der Waals surface area contributed by atoms with Gasteiger partial charge in [0, 0.05) is 10.9 Å². The first kappa shape index (κ1) is 16.9. The summed E-state index contributed by atoms with van der Waals surface area (Å²) in [5, 5.41) is 9.90. The van der Waals surface area contributed by atoms with Gasteiger partial charge in [-0.15, -0.1) is 0 Å². The molecule has 2 aromatic heterocycles. The van der Waals surface area contributed by atoms with Crippen molar-refractivity contribution >= 4 is 21.9 Å². The predicted octanol–water partition coefficient (Wildman–Crippen LogP) is 4.75. The molecule has 5 aromatic rings. The van der Waals surface area contributed by atoms with Gasteiger partial charge in [-0.3, -0.25) is 4.79 Å². The van der Waals surface area contributed by atoms with E-state index in [1.807, 2.05) is 18.2 Å². The fraction of sp³-hybridized carbons (Fsp3) is 0. The molecule has 0 radical (unpaired) electrons. The molecule has 0 bridgehead atoms. The van der Waals surface area contributed by atoms with Crippen molar-refractivity contribution in [2.75, 3.05) is 0 Å². The number of halogens is 1. The monoisotopic (exact) mass is 380 g/mol. The molecule has 0 aliphatic carbocycles. The van der Waals surface area contributed by atoms with Crippen LogP contribution in [0.1, 0.15) is 5.56 Å². The zero-order chi connectivity index (χ0) is 20.0. The van der Waals surface area contributed by atoms with Crippen LogP contribution in [0.25, 0.3) is 44.5 Å². The standard InChI is InChI=1S/C23H13FN4O/c24-17-5-2-14(3-6-17)15-4-8-19-20(10-15)27-22(23(29)28-19)21-11-16-9-13(12-25)1-7-18(16)26-21/h1-11,26H,(H,28,29). The summed E-state index contributed by atoms with van der Waals surface area (Å²) in [4.78, 5) is 23.2. The van der Waals surface area contributed by atoms with Gasteiger partial charge in [0.25, 0.3) is 5.56 Å². The number of nitrogens with zero attached hydrogens (tertiary/aromatic N) is 2. The lowest BCUT2D eigenvalue weighted by molar-refractivity contribution is 0.628. The van der Waals surface area contributed by atoms with E-state index in [-0.39, 0.29) is 17.1 Å². The highest BCUT2D eigenvalue weighted by Crippen LogP contribution is 2.25. The Balaban J connectivity index is 1.66. The number of H-pyrrole nitrogens is 2. The molecule has 0 saturated heterocycles. The maximum Gasteiger partial charge on any atom is 0.276 e. The number of hydrogen-bond donors (Lipinski definition) is 2. The smallest absolute Gasteiger partial charge is 0.276 e. The minimum atomic E-state index is -0.306. The molecule has 0 fully saturated rings. The normalized spacial score (nSPS) is 11.0. The molecule has 0 unspecified atom stereocenters. The molecule has 5 rings (SSSR count). The molecule has 29 heavy (non-hydrogen) atoms. The Labute approximate surface area is 164 Å². The van der Waals surface area contributed by atoms with Crippen LogP contribution < -0.4 is 5.56 Å². The van der Waals surface area contributed by atoms with Crippen LogP contribution in [0.4, 0.5) is 4.39 Å². The number of rotatable bonds is 2. The van der Waals surface area contributed by atoms with E-state index in [0.29, 0.717) is 22.3 Å².